The lowest BCUT2D eigenvalue weighted by molar-refractivity contribution is -0.118. The van der Waals surface area contributed by atoms with Crippen LogP contribution in [0, 0.1) is 0 Å². The Morgan fingerprint density at radius 1 is 1.44 bits per heavy atom. The molecule has 1 rings (SSSR count). The number of Topliss-reactive ketones (excluding diaryl/α,β-unsaturated/α-hetero) is 1. The molecule has 0 aliphatic rings. The molecule has 16 heavy (non-hydrogen) atoms. The molecule has 4 nitrogen and oxygen atoms in total. The maximum absolute atomic E-state index is 11.2. The summed E-state index contributed by atoms with van der Waals surface area (Å²) in [5.74, 6) is -0.325. The molecule has 0 saturated carbocycles. The van der Waals surface area contributed by atoms with Crippen molar-refractivity contribution in [2.24, 2.45) is 5.73 Å². The molecule has 4 heteroatoms. The van der Waals surface area contributed by atoms with Gasteiger partial charge in [-0.15, -0.1) is 0 Å². The predicted octanol–water partition coefficient (Wildman–Crippen LogP) is 1.56. The van der Waals surface area contributed by atoms with Gasteiger partial charge in [0.1, 0.15) is 0 Å². The maximum Gasteiger partial charge on any atom is 0.219 e. The van der Waals surface area contributed by atoms with Crippen molar-refractivity contribution >= 4 is 17.4 Å². The van der Waals surface area contributed by atoms with Crippen molar-refractivity contribution < 1.29 is 9.59 Å². The molecule has 1 aromatic carbocycles. The van der Waals surface area contributed by atoms with Crippen molar-refractivity contribution in [2.75, 3.05) is 5.32 Å². The first-order chi connectivity index (χ1) is 7.49. The molecule has 0 bridgehead atoms. The van der Waals surface area contributed by atoms with Crippen molar-refractivity contribution in [1.29, 1.82) is 0 Å². The number of amides is 1. The van der Waals surface area contributed by atoms with Crippen LogP contribution in [0.1, 0.15) is 30.6 Å². The zero-order valence-electron chi connectivity index (χ0n) is 9.49. The molecular weight excluding hydrogens is 204 g/mol. The van der Waals surface area contributed by atoms with Crippen molar-refractivity contribution in [3.05, 3.63) is 29.8 Å². The lowest BCUT2D eigenvalue weighted by atomic mass is 10.1. The van der Waals surface area contributed by atoms with Gasteiger partial charge in [0.2, 0.25) is 5.91 Å². The van der Waals surface area contributed by atoms with Gasteiger partial charge < -0.3 is 11.1 Å². The minimum absolute atomic E-state index is 0.0196. The SMILES string of the molecule is CC(=O)c1cccc(NC(C)CC(N)=O)c1. The molecule has 86 valence electrons. The fourth-order valence-corrected chi connectivity index (χ4v) is 1.47. The molecule has 0 saturated heterocycles. The van der Waals surface area contributed by atoms with Crippen molar-refractivity contribution in [3.8, 4) is 0 Å². The Labute approximate surface area is 94.8 Å². The summed E-state index contributed by atoms with van der Waals surface area (Å²) in [6.45, 7) is 3.39. The number of anilines is 1. The molecule has 0 aromatic heterocycles. The highest BCUT2D eigenvalue weighted by Gasteiger charge is 2.06. The van der Waals surface area contributed by atoms with Crippen LogP contribution < -0.4 is 11.1 Å². The number of primary amides is 1. The van der Waals surface area contributed by atoms with E-state index in [1.165, 1.54) is 6.92 Å². The first-order valence-corrected chi connectivity index (χ1v) is 5.15. The Morgan fingerprint density at radius 2 is 2.12 bits per heavy atom. The van der Waals surface area contributed by atoms with Gasteiger partial charge in [-0.25, -0.2) is 0 Å². The number of carbonyl (C=O) groups is 2. The van der Waals surface area contributed by atoms with Crippen molar-refractivity contribution in [2.45, 2.75) is 26.3 Å². The van der Waals surface area contributed by atoms with E-state index in [1.54, 1.807) is 18.2 Å². The average molecular weight is 220 g/mol. The molecule has 1 aromatic rings. The largest absolute Gasteiger partial charge is 0.382 e. The van der Waals surface area contributed by atoms with Gasteiger partial charge in [0.25, 0.3) is 0 Å². The molecule has 0 aliphatic heterocycles. The van der Waals surface area contributed by atoms with Crippen LogP contribution in [0.3, 0.4) is 0 Å². The zero-order chi connectivity index (χ0) is 12.1. The average Bonchev–Trinajstić information content (AvgIpc) is 2.16. The second-order valence-corrected chi connectivity index (χ2v) is 3.85. The number of carbonyl (C=O) groups excluding carboxylic acids is 2. The standard InChI is InChI=1S/C12H16N2O2/c1-8(6-12(13)16)14-11-5-3-4-10(7-11)9(2)15/h3-5,7-8,14H,6H2,1-2H3,(H2,13,16). The third-order valence-electron chi connectivity index (χ3n) is 2.19. The predicted molar refractivity (Wildman–Crippen MR) is 63.3 cm³/mol. The molecule has 1 amide bonds. The molecule has 3 N–H and O–H groups in total. The Kier molecular flexibility index (Phi) is 4.05. The minimum atomic E-state index is -0.345. The Balaban J connectivity index is 2.70. The van der Waals surface area contributed by atoms with E-state index in [9.17, 15) is 9.59 Å². The molecular formula is C12H16N2O2. The minimum Gasteiger partial charge on any atom is -0.382 e. The third kappa shape index (κ3) is 3.73. The summed E-state index contributed by atoms with van der Waals surface area (Å²) in [5, 5.41) is 3.12. The molecule has 0 heterocycles. The first kappa shape index (κ1) is 12.2. The van der Waals surface area contributed by atoms with Crippen LogP contribution in [-0.2, 0) is 4.79 Å². The highest BCUT2D eigenvalue weighted by molar-refractivity contribution is 5.94. The van der Waals surface area contributed by atoms with E-state index in [1.807, 2.05) is 13.0 Å². The Morgan fingerprint density at radius 3 is 2.69 bits per heavy atom. The maximum atomic E-state index is 11.2. The molecule has 0 radical (unpaired) electrons. The van der Waals surface area contributed by atoms with E-state index < -0.39 is 0 Å². The lowest BCUT2D eigenvalue weighted by Crippen LogP contribution is -2.24. The number of nitrogens with two attached hydrogens (primary N) is 1. The number of hydrogen-bond acceptors (Lipinski definition) is 3. The molecule has 1 atom stereocenters. The highest BCUT2D eigenvalue weighted by Crippen LogP contribution is 2.13. The summed E-state index contributed by atoms with van der Waals surface area (Å²) in [6.07, 6.45) is 0.268. The van der Waals surface area contributed by atoms with E-state index in [4.69, 9.17) is 5.73 Å². The molecule has 0 spiro atoms. The molecule has 0 aliphatic carbocycles. The van der Waals surface area contributed by atoms with Crippen LogP contribution >= 0.6 is 0 Å². The first-order valence-electron chi connectivity index (χ1n) is 5.15. The summed E-state index contributed by atoms with van der Waals surface area (Å²) < 4.78 is 0. The van der Waals surface area contributed by atoms with Gasteiger partial charge in [-0.2, -0.15) is 0 Å². The number of nitrogens with one attached hydrogen (secondary N) is 1. The van der Waals surface area contributed by atoms with Gasteiger partial charge in [-0.05, 0) is 26.0 Å². The quantitative estimate of drug-likeness (QED) is 0.740. The topological polar surface area (TPSA) is 72.2 Å². The zero-order valence-corrected chi connectivity index (χ0v) is 9.49. The summed E-state index contributed by atoms with van der Waals surface area (Å²) in [7, 11) is 0. The van der Waals surface area contributed by atoms with Gasteiger partial charge in [0, 0.05) is 23.7 Å². The van der Waals surface area contributed by atoms with Gasteiger partial charge >= 0.3 is 0 Å². The van der Waals surface area contributed by atoms with E-state index in [0.29, 0.717) is 5.56 Å². The molecule has 1 unspecified atom stereocenters. The Hall–Kier alpha value is -1.84. The van der Waals surface area contributed by atoms with E-state index >= 15 is 0 Å². The number of rotatable bonds is 5. The normalized spacial score (nSPS) is 11.9. The van der Waals surface area contributed by atoms with Crippen LogP contribution in [0.5, 0.6) is 0 Å². The third-order valence-corrected chi connectivity index (χ3v) is 2.19. The van der Waals surface area contributed by atoms with Crippen molar-refractivity contribution in [3.63, 3.8) is 0 Å². The smallest absolute Gasteiger partial charge is 0.219 e. The van der Waals surface area contributed by atoms with Crippen LogP contribution in [0.4, 0.5) is 5.69 Å². The van der Waals surface area contributed by atoms with Crippen molar-refractivity contribution in [1.82, 2.24) is 0 Å². The van der Waals surface area contributed by atoms with Crippen LogP contribution in [0.15, 0.2) is 24.3 Å². The number of hydrogen-bond donors (Lipinski definition) is 2. The van der Waals surface area contributed by atoms with Gasteiger partial charge in [0.15, 0.2) is 5.78 Å². The Bertz CT molecular complexity index is 402. The van der Waals surface area contributed by atoms with Crippen LogP contribution in [0.2, 0.25) is 0 Å². The van der Waals surface area contributed by atoms with Gasteiger partial charge in [0.05, 0.1) is 0 Å². The fraction of sp³-hybridized carbons (Fsp3) is 0.333. The summed E-state index contributed by atoms with van der Waals surface area (Å²) >= 11 is 0. The number of benzene rings is 1. The van der Waals surface area contributed by atoms with E-state index in [-0.39, 0.29) is 24.2 Å². The molecule has 0 fully saturated rings. The second kappa shape index (κ2) is 5.30. The summed E-state index contributed by atoms with van der Waals surface area (Å²) in [6, 6.07) is 7.13. The monoisotopic (exact) mass is 220 g/mol. The van der Waals surface area contributed by atoms with E-state index in [0.717, 1.165) is 5.69 Å². The number of ketones is 1. The van der Waals surface area contributed by atoms with Gasteiger partial charge in [-0.1, -0.05) is 12.1 Å². The fourth-order valence-electron chi connectivity index (χ4n) is 1.47. The van der Waals surface area contributed by atoms with E-state index in [2.05, 4.69) is 5.32 Å². The van der Waals surface area contributed by atoms with Crippen LogP contribution in [-0.4, -0.2) is 17.7 Å². The lowest BCUT2D eigenvalue weighted by Gasteiger charge is -2.13. The van der Waals surface area contributed by atoms with Gasteiger partial charge in [-0.3, -0.25) is 9.59 Å². The summed E-state index contributed by atoms with van der Waals surface area (Å²) in [5.41, 5.74) is 6.56. The highest BCUT2D eigenvalue weighted by atomic mass is 16.1. The summed E-state index contributed by atoms with van der Waals surface area (Å²) in [4.78, 5) is 21.9. The second-order valence-electron chi connectivity index (χ2n) is 3.85. The van der Waals surface area contributed by atoms with Crippen LogP contribution in [0.25, 0.3) is 0 Å².